The molecule has 1 aromatic heterocycles. The highest BCUT2D eigenvalue weighted by molar-refractivity contribution is 7.86. The predicted octanol–water partition coefficient (Wildman–Crippen LogP) is 7.69. The maximum absolute atomic E-state index is 13.7. The number of alkyl halides is 4. The molecular formula is C36H30F4N2O6S. The van der Waals surface area contributed by atoms with Crippen molar-refractivity contribution in [3.8, 4) is 28.4 Å². The van der Waals surface area contributed by atoms with Crippen molar-refractivity contribution < 1.29 is 44.7 Å². The van der Waals surface area contributed by atoms with Crippen LogP contribution in [-0.4, -0.2) is 51.2 Å². The van der Waals surface area contributed by atoms with Gasteiger partial charge in [-0.25, -0.2) is 0 Å². The third-order valence-electron chi connectivity index (χ3n) is 8.63. The molecule has 7 rings (SSSR count). The maximum atomic E-state index is 13.7. The summed E-state index contributed by atoms with van der Waals surface area (Å²) in [6.45, 7) is 4.03. The molecule has 49 heavy (non-hydrogen) atoms. The van der Waals surface area contributed by atoms with Crippen LogP contribution < -0.4 is 14.4 Å². The number of likely N-dealkylation sites (tertiary alicyclic amines) is 1. The molecule has 254 valence electrons. The molecule has 2 aliphatic rings. The normalized spacial score (nSPS) is 16.4. The van der Waals surface area contributed by atoms with E-state index in [4.69, 9.17) is 18.7 Å². The number of aryl methyl sites for hydroxylation is 1. The van der Waals surface area contributed by atoms with Gasteiger partial charge in [-0.3, -0.25) is 14.3 Å². The first-order valence-corrected chi connectivity index (χ1v) is 16.9. The highest BCUT2D eigenvalue weighted by Crippen LogP contribution is 2.49. The zero-order valence-corrected chi connectivity index (χ0v) is 26.9. The van der Waals surface area contributed by atoms with Crippen molar-refractivity contribution in [3.05, 3.63) is 113 Å². The Morgan fingerprint density at radius 3 is 2.37 bits per heavy atom. The third kappa shape index (κ3) is 6.78. The van der Waals surface area contributed by atoms with Crippen molar-refractivity contribution in [3.63, 3.8) is 0 Å². The third-order valence-corrected chi connectivity index (χ3v) is 9.72. The van der Waals surface area contributed by atoms with E-state index < -0.39 is 28.0 Å². The van der Waals surface area contributed by atoms with E-state index >= 15 is 0 Å². The number of ether oxygens (including phenoxy) is 2. The SMILES string of the molecule is Cc1ccc(S(=O)(=O)OOc2ccc3c4c(cnc3c2)-c2ccc(C(F)(F)F)cc2O[C@@H]4c2ccc(OCCN3CC(CF)C3)cc2)cc1. The van der Waals surface area contributed by atoms with Crippen LogP contribution in [0.4, 0.5) is 17.6 Å². The van der Waals surface area contributed by atoms with Gasteiger partial charge < -0.3 is 14.4 Å². The fourth-order valence-electron chi connectivity index (χ4n) is 6.00. The molecule has 0 spiro atoms. The zero-order chi connectivity index (χ0) is 34.3. The number of fused-ring (bicyclic) bond motifs is 5. The van der Waals surface area contributed by atoms with Crippen LogP contribution in [0.15, 0.2) is 96.0 Å². The molecule has 1 saturated heterocycles. The highest BCUT2D eigenvalue weighted by Gasteiger charge is 2.35. The quantitative estimate of drug-likeness (QED) is 0.0836. The average Bonchev–Trinajstić information content (AvgIpc) is 3.07. The van der Waals surface area contributed by atoms with Crippen LogP contribution in [0, 0.1) is 12.8 Å². The van der Waals surface area contributed by atoms with Gasteiger partial charge in [0.15, 0.2) is 11.9 Å². The number of hydrogen-bond acceptors (Lipinski definition) is 8. The Balaban J connectivity index is 1.18. The first kappa shape index (κ1) is 32.8. The Morgan fingerprint density at radius 2 is 1.65 bits per heavy atom. The van der Waals surface area contributed by atoms with Gasteiger partial charge in [0, 0.05) is 59.9 Å². The van der Waals surface area contributed by atoms with Crippen LogP contribution >= 0.6 is 0 Å². The Labute approximate surface area is 279 Å². The summed E-state index contributed by atoms with van der Waals surface area (Å²) in [4.78, 5) is 11.8. The van der Waals surface area contributed by atoms with Crippen LogP contribution in [0.2, 0.25) is 0 Å². The summed E-state index contributed by atoms with van der Waals surface area (Å²) in [6.07, 6.45) is -3.84. The lowest BCUT2D eigenvalue weighted by Gasteiger charge is -2.37. The molecule has 5 aromatic rings. The summed E-state index contributed by atoms with van der Waals surface area (Å²) in [5.41, 5.74) is 2.80. The van der Waals surface area contributed by atoms with E-state index in [-0.39, 0.29) is 29.0 Å². The fourth-order valence-corrected chi connectivity index (χ4v) is 6.72. The van der Waals surface area contributed by atoms with E-state index in [9.17, 15) is 26.0 Å². The minimum atomic E-state index is -4.57. The topological polar surface area (TPSA) is 87.2 Å². The molecule has 0 N–H and O–H groups in total. The Kier molecular flexibility index (Phi) is 8.67. The molecule has 0 amide bonds. The van der Waals surface area contributed by atoms with E-state index in [0.29, 0.717) is 65.1 Å². The second kappa shape index (κ2) is 13.0. The molecule has 3 heterocycles. The van der Waals surface area contributed by atoms with Gasteiger partial charge in [0.1, 0.15) is 18.1 Å². The molecule has 0 unspecified atom stereocenters. The molecular weight excluding hydrogens is 664 g/mol. The summed E-state index contributed by atoms with van der Waals surface area (Å²) in [6, 6.07) is 21.3. The van der Waals surface area contributed by atoms with Crippen molar-refractivity contribution in [2.45, 2.75) is 24.1 Å². The lowest BCUT2D eigenvalue weighted by molar-refractivity contribution is -0.137. The van der Waals surface area contributed by atoms with Gasteiger partial charge in [0.25, 0.3) is 0 Å². The number of nitrogens with zero attached hydrogens (tertiary/aromatic N) is 2. The number of rotatable bonds is 10. The van der Waals surface area contributed by atoms with Crippen molar-refractivity contribution >= 4 is 21.0 Å². The molecule has 0 aliphatic carbocycles. The van der Waals surface area contributed by atoms with Crippen LogP contribution in [0.25, 0.3) is 22.0 Å². The monoisotopic (exact) mass is 694 g/mol. The van der Waals surface area contributed by atoms with Crippen LogP contribution in [0.1, 0.15) is 28.4 Å². The summed E-state index contributed by atoms with van der Waals surface area (Å²) in [7, 11) is -4.22. The lowest BCUT2D eigenvalue weighted by atomic mass is 9.87. The highest BCUT2D eigenvalue weighted by atomic mass is 32.2. The first-order chi connectivity index (χ1) is 23.5. The van der Waals surface area contributed by atoms with Gasteiger partial charge in [0.2, 0.25) is 0 Å². The Hall–Kier alpha value is -4.72. The van der Waals surface area contributed by atoms with Crippen LogP contribution in [0.5, 0.6) is 17.2 Å². The molecule has 1 atom stereocenters. The number of benzene rings is 4. The molecule has 13 heteroatoms. The fraction of sp³-hybridized carbons (Fsp3) is 0.250. The van der Waals surface area contributed by atoms with Gasteiger partial charge in [-0.15, -0.1) is 0 Å². The Morgan fingerprint density at radius 1 is 0.918 bits per heavy atom. The summed E-state index contributed by atoms with van der Waals surface area (Å²) in [5, 5.41) is 0.614. The minimum absolute atomic E-state index is 0.0598. The van der Waals surface area contributed by atoms with Gasteiger partial charge >= 0.3 is 16.3 Å². The van der Waals surface area contributed by atoms with Crippen molar-refractivity contribution in [2.24, 2.45) is 5.92 Å². The number of pyridine rings is 1. The van der Waals surface area contributed by atoms with E-state index in [1.807, 2.05) is 6.92 Å². The summed E-state index contributed by atoms with van der Waals surface area (Å²) in [5.74, 6) is 0.821. The molecule has 0 saturated carbocycles. The van der Waals surface area contributed by atoms with Crippen LogP contribution in [0.3, 0.4) is 0 Å². The van der Waals surface area contributed by atoms with Crippen molar-refractivity contribution in [1.82, 2.24) is 9.88 Å². The van der Waals surface area contributed by atoms with E-state index in [1.54, 1.807) is 48.7 Å². The van der Waals surface area contributed by atoms with Gasteiger partial charge in [-0.1, -0.05) is 34.2 Å². The molecule has 2 aliphatic heterocycles. The number of aromatic nitrogens is 1. The van der Waals surface area contributed by atoms with Crippen molar-refractivity contribution in [2.75, 3.05) is 32.9 Å². The smallest absolute Gasteiger partial charge is 0.416 e. The first-order valence-electron chi connectivity index (χ1n) is 15.5. The average molecular weight is 695 g/mol. The van der Waals surface area contributed by atoms with Gasteiger partial charge in [0.05, 0.1) is 22.7 Å². The van der Waals surface area contributed by atoms with Crippen molar-refractivity contribution in [1.29, 1.82) is 0 Å². The molecule has 1 fully saturated rings. The number of hydrogen-bond donors (Lipinski definition) is 0. The number of halogens is 4. The zero-order valence-electron chi connectivity index (χ0n) is 26.1. The maximum Gasteiger partial charge on any atom is 0.416 e. The van der Waals surface area contributed by atoms with E-state index in [1.165, 1.54) is 30.3 Å². The molecule has 8 nitrogen and oxygen atoms in total. The van der Waals surface area contributed by atoms with Crippen LogP contribution in [-0.2, 0) is 20.6 Å². The van der Waals surface area contributed by atoms with E-state index in [0.717, 1.165) is 17.7 Å². The predicted molar refractivity (Wildman–Crippen MR) is 173 cm³/mol. The van der Waals surface area contributed by atoms with Gasteiger partial charge in [-0.2, -0.15) is 21.6 Å². The summed E-state index contributed by atoms with van der Waals surface area (Å²) < 4.78 is 96.1. The largest absolute Gasteiger partial charge is 0.492 e. The van der Waals surface area contributed by atoms with E-state index in [2.05, 4.69) is 9.88 Å². The minimum Gasteiger partial charge on any atom is -0.492 e. The summed E-state index contributed by atoms with van der Waals surface area (Å²) >= 11 is 0. The molecule has 4 aromatic carbocycles. The second-order valence-corrected chi connectivity index (χ2v) is 13.6. The standard InChI is InChI=1S/C36H30F4N2O6S/c1-22-2-10-28(11-3-22)49(43,44)48-47-27-9-13-30-32(17-27)41-19-31-29-12-6-25(36(38,39)40)16-33(29)46-35(34(30)31)24-4-7-26(8-5-24)45-15-14-42-20-23(18-37)21-42/h2-13,16-17,19,23,35H,14-15,18,20-21H2,1H3/t35-/m1/s1. The second-order valence-electron chi connectivity index (χ2n) is 12.1. The van der Waals surface area contributed by atoms with Gasteiger partial charge in [-0.05, 0) is 67.1 Å². The molecule has 0 bridgehead atoms. The lowest BCUT2D eigenvalue weighted by Crippen LogP contribution is -2.49. The Bertz CT molecular complexity index is 2100. The molecule has 0 radical (unpaired) electrons.